The normalized spacial score (nSPS) is 19.5. The molecule has 1 amide bonds. The molecule has 0 aliphatic heterocycles. The SMILES string of the molecule is Cc1cccc(NS(=O)(=O)c2ccc(Cl)c(C(=O)N[C@H]3CCC[C@H](N(C)C)C3)c2)c1. The molecule has 162 valence electrons. The van der Waals surface area contributed by atoms with Gasteiger partial charge in [-0.25, -0.2) is 8.42 Å². The van der Waals surface area contributed by atoms with Gasteiger partial charge < -0.3 is 10.2 Å². The smallest absolute Gasteiger partial charge is 0.261 e. The molecule has 1 aliphatic carbocycles. The molecule has 2 aromatic rings. The van der Waals surface area contributed by atoms with Gasteiger partial charge in [0.25, 0.3) is 15.9 Å². The number of carbonyl (C=O) groups is 1. The second kappa shape index (κ2) is 9.37. The molecule has 0 spiro atoms. The van der Waals surface area contributed by atoms with Gasteiger partial charge in [0, 0.05) is 17.8 Å². The predicted octanol–water partition coefficient (Wildman–Crippen LogP) is 4.05. The van der Waals surface area contributed by atoms with Gasteiger partial charge in [0.05, 0.1) is 15.5 Å². The third kappa shape index (κ3) is 5.53. The molecule has 8 heteroatoms. The average molecular weight is 450 g/mol. The Morgan fingerprint density at radius 1 is 1.13 bits per heavy atom. The monoisotopic (exact) mass is 449 g/mol. The van der Waals surface area contributed by atoms with Crippen molar-refractivity contribution in [3.05, 3.63) is 58.6 Å². The van der Waals surface area contributed by atoms with Gasteiger partial charge in [-0.05, 0) is 82.6 Å². The lowest BCUT2D eigenvalue weighted by Gasteiger charge is -2.33. The van der Waals surface area contributed by atoms with Gasteiger partial charge >= 0.3 is 0 Å². The van der Waals surface area contributed by atoms with E-state index in [1.807, 2.05) is 27.1 Å². The highest BCUT2D eigenvalue weighted by Gasteiger charge is 2.26. The highest BCUT2D eigenvalue weighted by molar-refractivity contribution is 7.92. The van der Waals surface area contributed by atoms with E-state index in [4.69, 9.17) is 11.6 Å². The molecule has 0 aromatic heterocycles. The summed E-state index contributed by atoms with van der Waals surface area (Å²) in [5.41, 5.74) is 1.57. The Hall–Kier alpha value is -2.09. The fourth-order valence-electron chi connectivity index (χ4n) is 3.80. The molecule has 6 nitrogen and oxygen atoms in total. The number of benzene rings is 2. The van der Waals surface area contributed by atoms with Crippen molar-refractivity contribution in [2.45, 2.75) is 49.6 Å². The molecule has 30 heavy (non-hydrogen) atoms. The Balaban J connectivity index is 1.78. The summed E-state index contributed by atoms with van der Waals surface area (Å²) in [7, 11) is 0.235. The van der Waals surface area contributed by atoms with E-state index in [9.17, 15) is 13.2 Å². The van der Waals surface area contributed by atoms with Gasteiger partial charge in [0.1, 0.15) is 0 Å². The third-order valence-electron chi connectivity index (χ3n) is 5.48. The van der Waals surface area contributed by atoms with Crippen molar-refractivity contribution < 1.29 is 13.2 Å². The molecule has 3 rings (SSSR count). The number of nitrogens with one attached hydrogen (secondary N) is 2. The zero-order chi connectivity index (χ0) is 21.9. The van der Waals surface area contributed by atoms with Crippen molar-refractivity contribution in [1.82, 2.24) is 10.2 Å². The van der Waals surface area contributed by atoms with Crippen LogP contribution in [0, 0.1) is 6.92 Å². The molecule has 1 saturated carbocycles. The first kappa shape index (κ1) is 22.6. The number of aryl methyl sites for hydroxylation is 1. The van der Waals surface area contributed by atoms with Crippen LogP contribution >= 0.6 is 11.6 Å². The van der Waals surface area contributed by atoms with Gasteiger partial charge in [-0.3, -0.25) is 9.52 Å². The standard InChI is InChI=1S/C22H28ClN3O3S/c1-15-6-4-8-17(12-15)25-30(28,29)19-10-11-21(23)20(14-19)22(27)24-16-7-5-9-18(13-16)26(2)3/h4,6,8,10-12,14,16,18,25H,5,7,9,13H2,1-3H3,(H,24,27)/t16-,18-/m0/s1. The van der Waals surface area contributed by atoms with Crippen molar-refractivity contribution in [3.8, 4) is 0 Å². The molecule has 2 N–H and O–H groups in total. The van der Waals surface area contributed by atoms with Crippen LogP contribution in [0.2, 0.25) is 5.02 Å². The number of nitrogens with zero attached hydrogens (tertiary/aromatic N) is 1. The summed E-state index contributed by atoms with van der Waals surface area (Å²) >= 11 is 6.23. The van der Waals surface area contributed by atoms with E-state index < -0.39 is 10.0 Å². The minimum atomic E-state index is -3.85. The number of amides is 1. The fourth-order valence-corrected chi connectivity index (χ4v) is 5.07. The Kier molecular flexibility index (Phi) is 7.06. The summed E-state index contributed by atoms with van der Waals surface area (Å²) in [5.74, 6) is -0.350. The summed E-state index contributed by atoms with van der Waals surface area (Å²) in [5, 5.41) is 3.26. The average Bonchev–Trinajstić information content (AvgIpc) is 2.68. The third-order valence-corrected chi connectivity index (χ3v) is 7.18. The van der Waals surface area contributed by atoms with Crippen LogP contribution in [0.3, 0.4) is 0 Å². The summed E-state index contributed by atoms with van der Waals surface area (Å²) in [6.07, 6.45) is 3.92. The predicted molar refractivity (Wildman–Crippen MR) is 121 cm³/mol. The zero-order valence-corrected chi connectivity index (χ0v) is 19.1. The van der Waals surface area contributed by atoms with E-state index in [1.165, 1.54) is 18.2 Å². The molecule has 2 aromatic carbocycles. The van der Waals surface area contributed by atoms with Gasteiger partial charge in [-0.2, -0.15) is 0 Å². The topological polar surface area (TPSA) is 78.5 Å². The van der Waals surface area contributed by atoms with Crippen LogP contribution in [0.5, 0.6) is 0 Å². The van der Waals surface area contributed by atoms with E-state index >= 15 is 0 Å². The summed E-state index contributed by atoms with van der Waals surface area (Å²) in [6, 6.07) is 11.7. The van der Waals surface area contributed by atoms with Gasteiger partial charge in [-0.15, -0.1) is 0 Å². The van der Waals surface area contributed by atoms with Crippen LogP contribution in [0.15, 0.2) is 47.4 Å². The molecule has 0 bridgehead atoms. The van der Waals surface area contributed by atoms with Gasteiger partial charge in [0.2, 0.25) is 0 Å². The second-order valence-corrected chi connectivity index (χ2v) is 10.2. The largest absolute Gasteiger partial charge is 0.349 e. The maximum atomic E-state index is 12.9. The Bertz CT molecular complexity index is 1020. The molecular formula is C22H28ClN3O3S. The van der Waals surface area contributed by atoms with Crippen molar-refractivity contribution in [2.75, 3.05) is 18.8 Å². The van der Waals surface area contributed by atoms with Gasteiger partial charge in [0.15, 0.2) is 0 Å². The Morgan fingerprint density at radius 3 is 2.60 bits per heavy atom. The number of carbonyl (C=O) groups excluding carboxylic acids is 1. The maximum absolute atomic E-state index is 12.9. The Labute approximate surface area is 183 Å². The number of anilines is 1. The summed E-state index contributed by atoms with van der Waals surface area (Å²) in [6.45, 7) is 1.88. The van der Waals surface area contributed by atoms with Crippen molar-refractivity contribution in [2.24, 2.45) is 0 Å². The van der Waals surface area contributed by atoms with Crippen LogP contribution in [-0.4, -0.2) is 45.4 Å². The molecule has 0 heterocycles. The van der Waals surface area contributed by atoms with Crippen LogP contribution in [0.4, 0.5) is 5.69 Å². The summed E-state index contributed by atoms with van der Waals surface area (Å²) < 4.78 is 28.2. The van der Waals surface area contributed by atoms with Crippen molar-refractivity contribution >= 4 is 33.2 Å². The Morgan fingerprint density at radius 2 is 1.90 bits per heavy atom. The van der Waals surface area contributed by atoms with Crippen molar-refractivity contribution in [1.29, 1.82) is 0 Å². The van der Waals surface area contributed by atoms with Crippen LogP contribution in [0.25, 0.3) is 0 Å². The van der Waals surface area contributed by atoms with Crippen molar-refractivity contribution in [3.63, 3.8) is 0 Å². The number of halogens is 1. The highest BCUT2D eigenvalue weighted by atomic mass is 35.5. The number of hydrogen-bond acceptors (Lipinski definition) is 4. The molecule has 1 fully saturated rings. The molecule has 0 saturated heterocycles. The molecule has 0 radical (unpaired) electrons. The van der Waals surface area contributed by atoms with E-state index in [2.05, 4.69) is 14.9 Å². The first-order chi connectivity index (χ1) is 14.2. The number of hydrogen-bond donors (Lipinski definition) is 2. The molecule has 0 unspecified atom stereocenters. The lowest BCUT2D eigenvalue weighted by Crippen LogP contribution is -2.43. The molecule has 2 atom stereocenters. The van der Waals surface area contributed by atoms with Gasteiger partial charge in [-0.1, -0.05) is 23.7 Å². The summed E-state index contributed by atoms with van der Waals surface area (Å²) in [4.78, 5) is 15.0. The van der Waals surface area contributed by atoms with Crippen LogP contribution in [-0.2, 0) is 10.0 Å². The minimum Gasteiger partial charge on any atom is -0.349 e. The zero-order valence-electron chi connectivity index (χ0n) is 17.5. The van der Waals surface area contributed by atoms with Crippen LogP contribution in [0.1, 0.15) is 41.6 Å². The van der Waals surface area contributed by atoms with E-state index in [1.54, 1.807) is 18.2 Å². The lowest BCUT2D eigenvalue weighted by atomic mass is 9.90. The second-order valence-electron chi connectivity index (χ2n) is 8.07. The van der Waals surface area contributed by atoms with Crippen LogP contribution < -0.4 is 10.0 Å². The molecule has 1 aliphatic rings. The number of sulfonamides is 1. The lowest BCUT2D eigenvalue weighted by molar-refractivity contribution is 0.0911. The quantitative estimate of drug-likeness (QED) is 0.697. The van der Waals surface area contributed by atoms with E-state index in [0.29, 0.717) is 11.7 Å². The highest BCUT2D eigenvalue weighted by Crippen LogP contribution is 2.25. The number of rotatable bonds is 6. The fraction of sp³-hybridized carbons (Fsp3) is 0.409. The van der Waals surface area contributed by atoms with E-state index in [-0.39, 0.29) is 27.4 Å². The first-order valence-corrected chi connectivity index (χ1v) is 11.9. The maximum Gasteiger partial charge on any atom is 0.261 e. The minimum absolute atomic E-state index is 0.00614. The first-order valence-electron chi connectivity index (χ1n) is 10.0. The molecular weight excluding hydrogens is 422 g/mol. The van der Waals surface area contributed by atoms with E-state index in [0.717, 1.165) is 31.2 Å².